The van der Waals surface area contributed by atoms with Crippen LogP contribution in [0.1, 0.15) is 18.4 Å². The third kappa shape index (κ3) is 1.91. The number of hydrogen-bond donors (Lipinski definition) is 1. The number of fused-ring (bicyclic) bond motifs is 4. The Morgan fingerprint density at radius 2 is 2.25 bits per heavy atom. The van der Waals surface area contributed by atoms with Crippen LogP contribution in [0.5, 0.6) is 5.75 Å². The zero-order valence-electron chi connectivity index (χ0n) is 13.8. The fourth-order valence-electron chi connectivity index (χ4n) is 4.37. The molecule has 7 heteroatoms. The lowest BCUT2D eigenvalue weighted by molar-refractivity contribution is 0.245. The van der Waals surface area contributed by atoms with Crippen molar-refractivity contribution in [2.75, 3.05) is 25.6 Å². The Balaban J connectivity index is 1.60. The smallest absolute Gasteiger partial charge is 0.324 e. The van der Waals surface area contributed by atoms with Gasteiger partial charge in [-0.25, -0.2) is 9.78 Å². The molecule has 2 aromatic rings. The summed E-state index contributed by atoms with van der Waals surface area (Å²) in [6, 6.07) is 4.84. The van der Waals surface area contributed by atoms with E-state index < -0.39 is 0 Å². The first-order chi connectivity index (χ1) is 11.6. The predicted octanol–water partition coefficient (Wildman–Crippen LogP) is 2.22. The minimum Gasteiger partial charge on any atom is -0.493 e. The van der Waals surface area contributed by atoms with Crippen LogP contribution in [0, 0.1) is 0 Å². The molecule has 3 aliphatic rings. The molecule has 0 spiro atoms. The van der Waals surface area contributed by atoms with Gasteiger partial charge in [0, 0.05) is 18.0 Å². The molecule has 1 aromatic carbocycles. The van der Waals surface area contributed by atoms with Crippen molar-refractivity contribution in [3.05, 3.63) is 17.7 Å². The molecule has 1 aliphatic carbocycles. The Kier molecular flexibility index (Phi) is 3.06. The number of thiazole rings is 1. The highest BCUT2D eigenvalue weighted by Crippen LogP contribution is 2.41. The maximum atomic E-state index is 12.6. The molecule has 2 amide bonds. The molecule has 0 unspecified atom stereocenters. The van der Waals surface area contributed by atoms with Crippen LogP contribution in [-0.2, 0) is 6.42 Å². The Bertz CT molecular complexity index is 833. The molecule has 5 rings (SSSR count). The van der Waals surface area contributed by atoms with Crippen molar-refractivity contribution >= 4 is 32.7 Å². The molecule has 0 bridgehead atoms. The van der Waals surface area contributed by atoms with Crippen LogP contribution in [0.2, 0.25) is 0 Å². The molecular weight excluding hydrogens is 324 g/mol. The zero-order valence-corrected chi connectivity index (χ0v) is 14.6. The summed E-state index contributed by atoms with van der Waals surface area (Å²) in [6.45, 7) is 0.721. The van der Waals surface area contributed by atoms with Gasteiger partial charge in [-0.05, 0) is 39.1 Å². The summed E-state index contributed by atoms with van der Waals surface area (Å²) in [6.07, 6.45) is 3.03. The number of rotatable bonds is 2. The van der Waals surface area contributed by atoms with Crippen molar-refractivity contribution in [2.24, 2.45) is 0 Å². The standard InChI is InChI=1S/C17H20N4O2S/c1-20(2)11-4-3-10-15(11)21(16(22)18-10)17-19-14-9-7-8-23-12(9)5-6-13(14)24-17/h5-6,10-11,15H,3-4,7-8H2,1-2H3,(H,18,22)/t10-,11+,15-/m0/s1. The SMILES string of the molecule is CN(C)[C@@H]1CC[C@@H]2NC(=O)N(c3nc4c5c(ccc4s3)OCC5)[C@@H]21. The van der Waals surface area contributed by atoms with Crippen molar-refractivity contribution in [3.63, 3.8) is 0 Å². The maximum Gasteiger partial charge on any atom is 0.324 e. The lowest BCUT2D eigenvalue weighted by Crippen LogP contribution is -2.47. The predicted molar refractivity (Wildman–Crippen MR) is 94.1 cm³/mol. The summed E-state index contributed by atoms with van der Waals surface area (Å²) in [5.41, 5.74) is 2.18. The van der Waals surface area contributed by atoms with Gasteiger partial charge in [0.15, 0.2) is 5.13 Å². The molecular formula is C17H20N4O2S. The summed E-state index contributed by atoms with van der Waals surface area (Å²) in [5.74, 6) is 0.940. The summed E-state index contributed by atoms with van der Waals surface area (Å²) < 4.78 is 6.77. The number of benzene rings is 1. The van der Waals surface area contributed by atoms with Gasteiger partial charge in [0.1, 0.15) is 5.75 Å². The number of urea groups is 1. The molecule has 6 nitrogen and oxygen atoms in total. The summed E-state index contributed by atoms with van der Waals surface area (Å²) in [4.78, 5) is 21.6. The van der Waals surface area contributed by atoms with Gasteiger partial charge in [0.05, 0.1) is 28.9 Å². The van der Waals surface area contributed by atoms with Gasteiger partial charge in [-0.3, -0.25) is 4.90 Å². The van der Waals surface area contributed by atoms with Crippen molar-refractivity contribution in [3.8, 4) is 5.75 Å². The van der Waals surface area contributed by atoms with Crippen LogP contribution in [0.4, 0.5) is 9.93 Å². The van der Waals surface area contributed by atoms with E-state index in [4.69, 9.17) is 9.72 Å². The monoisotopic (exact) mass is 344 g/mol. The van der Waals surface area contributed by atoms with Crippen molar-refractivity contribution in [1.82, 2.24) is 15.2 Å². The van der Waals surface area contributed by atoms with E-state index in [-0.39, 0.29) is 18.1 Å². The molecule has 1 aromatic heterocycles. The number of carbonyl (C=O) groups is 1. The van der Waals surface area contributed by atoms with Crippen molar-refractivity contribution < 1.29 is 9.53 Å². The molecule has 1 N–H and O–H groups in total. The Labute approximate surface area is 144 Å². The van der Waals surface area contributed by atoms with Gasteiger partial charge in [0.25, 0.3) is 0 Å². The van der Waals surface area contributed by atoms with Crippen LogP contribution >= 0.6 is 11.3 Å². The number of nitrogens with zero attached hydrogens (tertiary/aromatic N) is 3. The quantitative estimate of drug-likeness (QED) is 0.908. The molecule has 126 valence electrons. The first kappa shape index (κ1) is 14.5. The first-order valence-corrected chi connectivity index (χ1v) is 9.26. The van der Waals surface area contributed by atoms with Gasteiger partial charge in [0.2, 0.25) is 0 Å². The first-order valence-electron chi connectivity index (χ1n) is 8.45. The molecule has 1 saturated heterocycles. The maximum absolute atomic E-state index is 12.6. The fraction of sp³-hybridized carbons (Fsp3) is 0.529. The highest BCUT2D eigenvalue weighted by Gasteiger charge is 2.50. The largest absolute Gasteiger partial charge is 0.493 e. The van der Waals surface area contributed by atoms with Crippen LogP contribution in [0.25, 0.3) is 10.2 Å². The van der Waals surface area contributed by atoms with E-state index in [1.807, 2.05) is 11.0 Å². The summed E-state index contributed by atoms with van der Waals surface area (Å²) in [7, 11) is 4.19. The normalized spacial score (nSPS) is 28.4. The fourth-order valence-corrected chi connectivity index (χ4v) is 5.41. The van der Waals surface area contributed by atoms with Gasteiger partial charge in [-0.1, -0.05) is 11.3 Å². The molecule has 24 heavy (non-hydrogen) atoms. The Morgan fingerprint density at radius 1 is 1.38 bits per heavy atom. The average molecular weight is 344 g/mol. The van der Waals surface area contributed by atoms with Gasteiger partial charge >= 0.3 is 6.03 Å². The molecule has 3 atom stereocenters. The minimum absolute atomic E-state index is 0.0106. The van der Waals surface area contributed by atoms with E-state index in [0.717, 1.165) is 47.0 Å². The number of hydrogen-bond acceptors (Lipinski definition) is 5. The molecule has 2 aliphatic heterocycles. The number of ether oxygens (including phenoxy) is 1. The van der Waals surface area contributed by atoms with Crippen LogP contribution in [-0.4, -0.2) is 54.7 Å². The molecule has 2 fully saturated rings. The molecule has 1 saturated carbocycles. The molecule has 0 radical (unpaired) electrons. The second-order valence-corrected chi connectivity index (χ2v) is 8.02. The van der Waals surface area contributed by atoms with E-state index in [9.17, 15) is 4.79 Å². The number of anilines is 1. The Morgan fingerprint density at radius 3 is 3.08 bits per heavy atom. The second-order valence-electron chi connectivity index (χ2n) is 7.01. The third-order valence-corrected chi connectivity index (χ3v) is 6.52. The Hall–Kier alpha value is -1.86. The van der Waals surface area contributed by atoms with E-state index in [2.05, 4.69) is 30.4 Å². The topological polar surface area (TPSA) is 57.7 Å². The summed E-state index contributed by atoms with van der Waals surface area (Å²) >= 11 is 1.61. The number of aromatic nitrogens is 1. The highest BCUT2D eigenvalue weighted by molar-refractivity contribution is 7.22. The van der Waals surface area contributed by atoms with Gasteiger partial charge in [-0.2, -0.15) is 0 Å². The number of amides is 2. The van der Waals surface area contributed by atoms with E-state index >= 15 is 0 Å². The minimum atomic E-state index is -0.0106. The van der Waals surface area contributed by atoms with E-state index in [0.29, 0.717) is 6.04 Å². The third-order valence-electron chi connectivity index (χ3n) is 5.50. The van der Waals surface area contributed by atoms with E-state index in [1.54, 1.807) is 11.3 Å². The van der Waals surface area contributed by atoms with Gasteiger partial charge in [-0.15, -0.1) is 0 Å². The molecule has 3 heterocycles. The van der Waals surface area contributed by atoms with Crippen molar-refractivity contribution in [1.29, 1.82) is 0 Å². The van der Waals surface area contributed by atoms with Crippen LogP contribution in [0.3, 0.4) is 0 Å². The number of nitrogens with one attached hydrogen (secondary N) is 1. The summed E-state index contributed by atoms with van der Waals surface area (Å²) in [5, 5.41) is 3.96. The van der Waals surface area contributed by atoms with Crippen LogP contribution < -0.4 is 15.0 Å². The number of likely N-dealkylation sites (N-methyl/N-ethyl adjacent to an activating group) is 1. The van der Waals surface area contributed by atoms with E-state index in [1.165, 1.54) is 5.56 Å². The van der Waals surface area contributed by atoms with Crippen LogP contribution in [0.15, 0.2) is 12.1 Å². The zero-order chi connectivity index (χ0) is 16.4. The highest BCUT2D eigenvalue weighted by atomic mass is 32.1. The lowest BCUT2D eigenvalue weighted by atomic mass is 10.1. The number of carbonyl (C=O) groups excluding carboxylic acids is 1. The van der Waals surface area contributed by atoms with Gasteiger partial charge < -0.3 is 15.0 Å². The second kappa shape index (κ2) is 5.07. The van der Waals surface area contributed by atoms with Crippen molar-refractivity contribution in [2.45, 2.75) is 37.4 Å². The average Bonchev–Trinajstić information content (AvgIpc) is 3.26. The lowest BCUT2D eigenvalue weighted by Gasteiger charge is -2.30.